The van der Waals surface area contributed by atoms with Crippen LogP contribution in [0.5, 0.6) is 0 Å². The van der Waals surface area contributed by atoms with E-state index in [0.717, 1.165) is 23.7 Å². The quantitative estimate of drug-likeness (QED) is 0.869. The largest absolute Gasteiger partial charge is 0.309 e. The van der Waals surface area contributed by atoms with Gasteiger partial charge in [0.1, 0.15) is 0 Å². The maximum Gasteiger partial charge on any atom is 0.0438 e. The molecule has 0 fully saturated rings. The molecule has 90 valence electrons. The van der Waals surface area contributed by atoms with Crippen molar-refractivity contribution in [2.24, 2.45) is 0 Å². The van der Waals surface area contributed by atoms with Crippen molar-refractivity contribution < 1.29 is 0 Å². The summed E-state index contributed by atoms with van der Waals surface area (Å²) in [5.41, 5.74) is 5.11. The molecule has 0 aliphatic rings. The van der Waals surface area contributed by atoms with Crippen LogP contribution in [0.1, 0.15) is 22.3 Å². The average Bonchev–Trinajstić information content (AvgIpc) is 2.70. The van der Waals surface area contributed by atoms with Crippen LogP contribution >= 0.6 is 22.9 Å². The van der Waals surface area contributed by atoms with Crippen molar-refractivity contribution in [3.05, 3.63) is 56.2 Å². The third-order valence-electron chi connectivity index (χ3n) is 2.84. The van der Waals surface area contributed by atoms with Gasteiger partial charge in [-0.25, -0.2) is 0 Å². The number of benzene rings is 1. The van der Waals surface area contributed by atoms with Crippen LogP contribution in [0.3, 0.4) is 0 Å². The van der Waals surface area contributed by atoms with Gasteiger partial charge in [0.25, 0.3) is 0 Å². The molecule has 2 aromatic rings. The predicted molar refractivity (Wildman–Crippen MR) is 75.8 cm³/mol. The summed E-state index contributed by atoms with van der Waals surface area (Å²) in [4.78, 5) is 0. The molecular weight excluding hydrogens is 250 g/mol. The van der Waals surface area contributed by atoms with Crippen LogP contribution in [0.25, 0.3) is 0 Å². The molecule has 0 bridgehead atoms. The fourth-order valence-corrected chi connectivity index (χ4v) is 2.72. The Hall–Kier alpha value is -0.830. The Morgan fingerprint density at radius 1 is 1.12 bits per heavy atom. The highest BCUT2D eigenvalue weighted by molar-refractivity contribution is 7.08. The van der Waals surface area contributed by atoms with Crippen molar-refractivity contribution in [2.75, 3.05) is 0 Å². The summed E-state index contributed by atoms with van der Waals surface area (Å²) in [5.74, 6) is 0. The van der Waals surface area contributed by atoms with E-state index >= 15 is 0 Å². The van der Waals surface area contributed by atoms with Crippen LogP contribution in [0.4, 0.5) is 0 Å². The Bertz CT molecular complexity index is 505. The molecule has 0 aliphatic carbocycles. The fourth-order valence-electron chi connectivity index (χ4n) is 1.66. The minimum atomic E-state index is 0.844. The number of hydrogen-bond donors (Lipinski definition) is 1. The Morgan fingerprint density at radius 2 is 1.94 bits per heavy atom. The van der Waals surface area contributed by atoms with Gasteiger partial charge in [-0.1, -0.05) is 23.7 Å². The van der Waals surface area contributed by atoms with Crippen molar-refractivity contribution in [3.8, 4) is 0 Å². The summed E-state index contributed by atoms with van der Waals surface area (Å²) < 4.78 is 0. The lowest BCUT2D eigenvalue weighted by Crippen LogP contribution is -2.12. The van der Waals surface area contributed by atoms with Gasteiger partial charge in [0.2, 0.25) is 0 Å². The van der Waals surface area contributed by atoms with E-state index in [-0.39, 0.29) is 0 Å². The molecule has 0 radical (unpaired) electrons. The first-order chi connectivity index (χ1) is 8.16. The molecule has 0 saturated carbocycles. The van der Waals surface area contributed by atoms with Gasteiger partial charge < -0.3 is 5.32 Å². The van der Waals surface area contributed by atoms with E-state index in [2.05, 4.69) is 35.1 Å². The number of rotatable bonds is 4. The number of thiophene rings is 1. The van der Waals surface area contributed by atoms with Crippen LogP contribution in [0.2, 0.25) is 5.02 Å². The van der Waals surface area contributed by atoms with E-state index in [0.29, 0.717) is 0 Å². The van der Waals surface area contributed by atoms with Gasteiger partial charge in [0.15, 0.2) is 0 Å². The van der Waals surface area contributed by atoms with Crippen molar-refractivity contribution in [1.29, 1.82) is 0 Å². The van der Waals surface area contributed by atoms with Crippen LogP contribution in [-0.2, 0) is 13.1 Å². The Labute approximate surface area is 111 Å². The molecule has 1 nitrogen and oxygen atoms in total. The number of aryl methyl sites for hydroxylation is 2. The molecule has 2 rings (SSSR count). The predicted octanol–water partition coefficient (Wildman–Crippen LogP) is 4.31. The SMILES string of the molecule is Cc1ccc(CNCc2cscc2C)cc1Cl. The van der Waals surface area contributed by atoms with Gasteiger partial charge in [-0.15, -0.1) is 0 Å². The van der Waals surface area contributed by atoms with Gasteiger partial charge in [0, 0.05) is 18.1 Å². The highest BCUT2D eigenvalue weighted by Gasteiger charge is 2.00. The second-order valence-electron chi connectivity index (χ2n) is 4.27. The first-order valence-corrected chi connectivity index (χ1v) is 6.96. The molecule has 0 saturated heterocycles. The zero-order chi connectivity index (χ0) is 12.3. The third kappa shape index (κ3) is 3.32. The molecule has 0 spiro atoms. The molecule has 1 heterocycles. The smallest absolute Gasteiger partial charge is 0.0438 e. The summed E-state index contributed by atoms with van der Waals surface area (Å²) in [6.45, 7) is 5.95. The Morgan fingerprint density at radius 3 is 2.59 bits per heavy atom. The van der Waals surface area contributed by atoms with Crippen LogP contribution in [0, 0.1) is 13.8 Å². The molecule has 1 aromatic heterocycles. The van der Waals surface area contributed by atoms with Gasteiger partial charge in [0.05, 0.1) is 0 Å². The Balaban J connectivity index is 1.90. The minimum absolute atomic E-state index is 0.844. The zero-order valence-electron chi connectivity index (χ0n) is 10.1. The second-order valence-corrected chi connectivity index (χ2v) is 5.42. The molecule has 1 aromatic carbocycles. The Kier molecular flexibility index (Phi) is 4.21. The van der Waals surface area contributed by atoms with E-state index < -0.39 is 0 Å². The molecule has 0 amide bonds. The number of hydrogen-bond acceptors (Lipinski definition) is 2. The lowest BCUT2D eigenvalue weighted by molar-refractivity contribution is 0.692. The molecular formula is C14H16ClNS. The number of nitrogens with one attached hydrogen (secondary N) is 1. The summed E-state index contributed by atoms with van der Waals surface area (Å²) in [6.07, 6.45) is 0. The maximum atomic E-state index is 6.09. The summed E-state index contributed by atoms with van der Waals surface area (Å²) >= 11 is 7.85. The summed E-state index contributed by atoms with van der Waals surface area (Å²) in [7, 11) is 0. The summed E-state index contributed by atoms with van der Waals surface area (Å²) in [6, 6.07) is 6.22. The zero-order valence-corrected chi connectivity index (χ0v) is 11.7. The van der Waals surface area contributed by atoms with Crippen LogP contribution < -0.4 is 5.32 Å². The third-order valence-corrected chi connectivity index (χ3v) is 4.16. The van der Waals surface area contributed by atoms with Gasteiger partial charge in [-0.3, -0.25) is 0 Å². The highest BCUT2D eigenvalue weighted by atomic mass is 35.5. The molecule has 3 heteroatoms. The van der Waals surface area contributed by atoms with Crippen LogP contribution in [0.15, 0.2) is 29.0 Å². The maximum absolute atomic E-state index is 6.09. The normalized spacial score (nSPS) is 10.8. The van der Waals surface area contributed by atoms with Gasteiger partial charge in [-0.05, 0) is 52.9 Å². The van der Waals surface area contributed by atoms with E-state index in [4.69, 9.17) is 11.6 Å². The van der Waals surface area contributed by atoms with Gasteiger partial charge in [-0.2, -0.15) is 11.3 Å². The topological polar surface area (TPSA) is 12.0 Å². The molecule has 0 aliphatic heterocycles. The minimum Gasteiger partial charge on any atom is -0.309 e. The lowest BCUT2D eigenvalue weighted by atomic mass is 10.1. The molecule has 1 N–H and O–H groups in total. The second kappa shape index (κ2) is 5.67. The molecule has 0 unspecified atom stereocenters. The molecule has 0 atom stereocenters. The van der Waals surface area contributed by atoms with E-state index in [9.17, 15) is 0 Å². The fraction of sp³-hybridized carbons (Fsp3) is 0.286. The van der Waals surface area contributed by atoms with Crippen LogP contribution in [-0.4, -0.2) is 0 Å². The standard InChI is InChI=1S/C14H16ClNS/c1-10-3-4-12(5-14(10)15)6-16-7-13-9-17-8-11(13)2/h3-5,8-9,16H,6-7H2,1-2H3. The first kappa shape index (κ1) is 12.6. The first-order valence-electron chi connectivity index (χ1n) is 5.64. The molecule has 17 heavy (non-hydrogen) atoms. The van der Waals surface area contributed by atoms with Crippen molar-refractivity contribution in [2.45, 2.75) is 26.9 Å². The lowest BCUT2D eigenvalue weighted by Gasteiger charge is -2.06. The van der Waals surface area contributed by atoms with E-state index in [1.54, 1.807) is 11.3 Å². The average molecular weight is 266 g/mol. The van der Waals surface area contributed by atoms with Gasteiger partial charge >= 0.3 is 0 Å². The number of halogens is 1. The van der Waals surface area contributed by atoms with E-state index in [1.807, 2.05) is 13.0 Å². The van der Waals surface area contributed by atoms with Crippen molar-refractivity contribution in [1.82, 2.24) is 5.32 Å². The monoisotopic (exact) mass is 265 g/mol. The van der Waals surface area contributed by atoms with Crippen molar-refractivity contribution >= 4 is 22.9 Å². The van der Waals surface area contributed by atoms with Crippen molar-refractivity contribution in [3.63, 3.8) is 0 Å². The summed E-state index contributed by atoms with van der Waals surface area (Å²) in [5, 5.41) is 8.66. The highest BCUT2D eigenvalue weighted by Crippen LogP contribution is 2.17. The van der Waals surface area contributed by atoms with E-state index in [1.165, 1.54) is 16.7 Å².